The zero-order valence-corrected chi connectivity index (χ0v) is 8.78. The molecule has 0 atom stereocenters. The quantitative estimate of drug-likeness (QED) is 0.578. The second-order valence-electron chi connectivity index (χ2n) is 2.70. The van der Waals surface area contributed by atoms with Gasteiger partial charge in [-0.25, -0.2) is 8.42 Å². The van der Waals surface area contributed by atoms with Crippen LogP contribution in [0.2, 0.25) is 0 Å². The van der Waals surface area contributed by atoms with Crippen molar-refractivity contribution < 1.29 is 13.2 Å². The van der Waals surface area contributed by atoms with Crippen molar-refractivity contribution in [3.63, 3.8) is 0 Å². The fourth-order valence-electron chi connectivity index (χ4n) is 0.914. The first-order chi connectivity index (χ1) is 6.48. The van der Waals surface area contributed by atoms with Crippen LogP contribution in [0.25, 0.3) is 0 Å². The van der Waals surface area contributed by atoms with Crippen LogP contribution in [0.1, 0.15) is 0 Å². The van der Waals surface area contributed by atoms with Crippen LogP contribution in [0, 0.1) is 0 Å². The Balaban J connectivity index is 3.10. The molecule has 1 aromatic carbocycles. The average molecular weight is 216 g/mol. The molecule has 5 nitrogen and oxygen atoms in total. The van der Waals surface area contributed by atoms with Gasteiger partial charge in [0.2, 0.25) is 0 Å². The minimum atomic E-state index is -3.55. The summed E-state index contributed by atoms with van der Waals surface area (Å²) in [5.74, 6) is 5.79. The lowest BCUT2D eigenvalue weighted by molar-refractivity contribution is 0.414. The van der Waals surface area contributed by atoms with Gasteiger partial charge in [-0.15, -0.1) is 4.41 Å². The highest BCUT2D eigenvalue weighted by atomic mass is 32.2. The first-order valence-corrected chi connectivity index (χ1v) is 5.30. The van der Waals surface area contributed by atoms with Gasteiger partial charge in [-0.2, -0.15) is 0 Å². The van der Waals surface area contributed by atoms with E-state index >= 15 is 0 Å². The topological polar surface area (TPSA) is 72.6 Å². The molecule has 0 spiro atoms. The van der Waals surface area contributed by atoms with E-state index in [-0.39, 0.29) is 4.90 Å². The number of nitrogens with two attached hydrogens (primary N) is 1. The van der Waals surface area contributed by atoms with Crippen LogP contribution >= 0.6 is 0 Å². The highest BCUT2D eigenvalue weighted by Crippen LogP contribution is 2.16. The number of hydrogen-bond acceptors (Lipinski definition) is 4. The van der Waals surface area contributed by atoms with Crippen molar-refractivity contribution in [2.45, 2.75) is 4.90 Å². The molecule has 0 heterocycles. The molecule has 78 valence electrons. The maximum atomic E-state index is 11.5. The lowest BCUT2D eigenvalue weighted by atomic mass is 10.3. The summed E-state index contributed by atoms with van der Waals surface area (Å²) in [6, 6.07) is 6.02. The number of nitrogens with zero attached hydrogens (tertiary/aromatic N) is 1. The van der Waals surface area contributed by atoms with Gasteiger partial charge in [0.25, 0.3) is 10.0 Å². The number of rotatable bonds is 3. The van der Waals surface area contributed by atoms with Gasteiger partial charge >= 0.3 is 0 Å². The van der Waals surface area contributed by atoms with Crippen molar-refractivity contribution in [1.82, 2.24) is 4.41 Å². The molecule has 14 heavy (non-hydrogen) atoms. The van der Waals surface area contributed by atoms with Crippen LogP contribution in [0.3, 0.4) is 0 Å². The molecule has 0 bridgehead atoms. The zero-order valence-electron chi connectivity index (χ0n) is 7.97. The van der Waals surface area contributed by atoms with Gasteiger partial charge < -0.3 is 4.74 Å². The van der Waals surface area contributed by atoms with Gasteiger partial charge in [0, 0.05) is 7.05 Å². The summed E-state index contributed by atoms with van der Waals surface area (Å²) >= 11 is 0. The SMILES string of the molecule is COc1ccc(S(=O)(=O)N(C)N)cc1. The van der Waals surface area contributed by atoms with Gasteiger partial charge in [0.1, 0.15) is 5.75 Å². The molecule has 0 radical (unpaired) electrons. The predicted octanol–water partition coefficient (Wildman–Crippen LogP) is 0.189. The summed E-state index contributed by atoms with van der Waals surface area (Å²) in [6.45, 7) is 0. The molecule has 0 aliphatic heterocycles. The summed E-state index contributed by atoms with van der Waals surface area (Å²) in [7, 11) is -0.757. The van der Waals surface area contributed by atoms with E-state index in [1.54, 1.807) is 12.1 Å². The van der Waals surface area contributed by atoms with E-state index in [2.05, 4.69) is 0 Å². The molecule has 0 saturated carbocycles. The molecular weight excluding hydrogens is 204 g/mol. The molecule has 0 aliphatic rings. The molecule has 0 aromatic heterocycles. The number of methoxy groups -OCH3 is 1. The van der Waals surface area contributed by atoms with E-state index in [0.717, 1.165) is 0 Å². The summed E-state index contributed by atoms with van der Waals surface area (Å²) < 4.78 is 28.6. The number of hydrogen-bond donors (Lipinski definition) is 1. The zero-order chi connectivity index (χ0) is 10.8. The van der Waals surface area contributed by atoms with Crippen LogP contribution in [0.4, 0.5) is 0 Å². The summed E-state index contributed by atoms with van der Waals surface area (Å²) in [4.78, 5) is 0.142. The Kier molecular flexibility index (Phi) is 3.10. The van der Waals surface area contributed by atoms with Crippen molar-refractivity contribution in [3.8, 4) is 5.75 Å². The highest BCUT2D eigenvalue weighted by Gasteiger charge is 2.17. The number of sulfonamides is 1. The van der Waals surface area contributed by atoms with Crippen molar-refractivity contribution >= 4 is 10.0 Å². The maximum absolute atomic E-state index is 11.5. The monoisotopic (exact) mass is 216 g/mol. The molecule has 2 N–H and O–H groups in total. The number of ether oxygens (including phenoxy) is 1. The fraction of sp³-hybridized carbons (Fsp3) is 0.250. The highest BCUT2D eigenvalue weighted by molar-refractivity contribution is 7.89. The van der Waals surface area contributed by atoms with Crippen LogP contribution in [-0.2, 0) is 10.0 Å². The van der Waals surface area contributed by atoms with E-state index in [9.17, 15) is 8.42 Å². The van der Waals surface area contributed by atoms with Crippen LogP contribution in [0.5, 0.6) is 5.75 Å². The molecule has 0 saturated heterocycles. The molecule has 1 rings (SSSR count). The second-order valence-corrected chi connectivity index (χ2v) is 4.69. The van der Waals surface area contributed by atoms with Crippen molar-refractivity contribution in [2.24, 2.45) is 5.84 Å². The third-order valence-electron chi connectivity index (χ3n) is 1.74. The Labute approximate surface area is 83.1 Å². The summed E-state index contributed by atoms with van der Waals surface area (Å²) in [6.07, 6.45) is 0. The third-order valence-corrected chi connectivity index (χ3v) is 3.36. The van der Waals surface area contributed by atoms with E-state index in [1.165, 1.54) is 26.3 Å². The number of hydrazine groups is 1. The van der Waals surface area contributed by atoms with Crippen molar-refractivity contribution in [3.05, 3.63) is 24.3 Å². The van der Waals surface area contributed by atoms with Crippen molar-refractivity contribution in [2.75, 3.05) is 14.2 Å². The van der Waals surface area contributed by atoms with Crippen LogP contribution < -0.4 is 10.6 Å². The van der Waals surface area contributed by atoms with Gasteiger partial charge in [0.05, 0.1) is 12.0 Å². The third kappa shape index (κ3) is 2.03. The van der Waals surface area contributed by atoms with E-state index in [4.69, 9.17) is 10.6 Å². The maximum Gasteiger partial charge on any atom is 0.255 e. The minimum absolute atomic E-state index is 0.142. The Morgan fingerprint density at radius 2 is 1.79 bits per heavy atom. The molecule has 6 heteroatoms. The molecule has 0 unspecified atom stereocenters. The summed E-state index contributed by atoms with van der Waals surface area (Å²) in [5.41, 5.74) is 0. The normalized spacial score (nSPS) is 11.7. The van der Waals surface area contributed by atoms with E-state index in [0.29, 0.717) is 10.2 Å². The van der Waals surface area contributed by atoms with Gasteiger partial charge in [-0.05, 0) is 24.3 Å². The van der Waals surface area contributed by atoms with Gasteiger partial charge in [-0.3, -0.25) is 5.84 Å². The van der Waals surface area contributed by atoms with Crippen molar-refractivity contribution in [1.29, 1.82) is 0 Å². The lowest BCUT2D eigenvalue weighted by Gasteiger charge is -2.10. The minimum Gasteiger partial charge on any atom is -0.497 e. The van der Waals surface area contributed by atoms with Crippen LogP contribution in [-0.4, -0.2) is 27.0 Å². The van der Waals surface area contributed by atoms with Gasteiger partial charge in [-0.1, -0.05) is 0 Å². The molecule has 0 amide bonds. The van der Waals surface area contributed by atoms with E-state index in [1.807, 2.05) is 0 Å². The molecule has 0 fully saturated rings. The Bertz CT molecular complexity index is 397. The first kappa shape index (κ1) is 11.0. The summed E-state index contributed by atoms with van der Waals surface area (Å²) in [5, 5.41) is 0. The average Bonchev–Trinajstić information content (AvgIpc) is 2.17. The smallest absolute Gasteiger partial charge is 0.255 e. The predicted molar refractivity (Wildman–Crippen MR) is 52.1 cm³/mol. The molecule has 1 aromatic rings. The standard InChI is InChI=1S/C8H12N2O3S/c1-10(9)14(11,12)8-5-3-7(13-2)4-6-8/h3-6H,9H2,1-2H3. The lowest BCUT2D eigenvalue weighted by Crippen LogP contribution is -2.33. The molecular formula is C8H12N2O3S. The van der Waals surface area contributed by atoms with Crippen LogP contribution in [0.15, 0.2) is 29.2 Å². The Morgan fingerprint density at radius 3 is 2.14 bits per heavy atom. The molecule has 0 aliphatic carbocycles. The number of benzene rings is 1. The first-order valence-electron chi connectivity index (χ1n) is 3.86. The second kappa shape index (κ2) is 3.95. The fourth-order valence-corrected chi connectivity index (χ4v) is 1.73. The van der Waals surface area contributed by atoms with Gasteiger partial charge in [0.15, 0.2) is 0 Å². The Hall–Kier alpha value is -1.11. The van der Waals surface area contributed by atoms with E-state index < -0.39 is 10.0 Å². The Morgan fingerprint density at radius 1 is 1.29 bits per heavy atom. The largest absolute Gasteiger partial charge is 0.497 e.